The van der Waals surface area contributed by atoms with Crippen molar-refractivity contribution in [2.45, 2.75) is 20.3 Å². The number of anilines is 2. The van der Waals surface area contributed by atoms with Gasteiger partial charge in [-0.25, -0.2) is 4.98 Å². The molecule has 0 spiro atoms. The highest BCUT2D eigenvalue weighted by atomic mass is 16.2. The van der Waals surface area contributed by atoms with E-state index in [1.54, 1.807) is 12.1 Å². The van der Waals surface area contributed by atoms with Crippen molar-refractivity contribution in [3.8, 4) is 6.07 Å². The molecule has 1 heterocycles. The van der Waals surface area contributed by atoms with Crippen molar-refractivity contribution >= 4 is 17.4 Å². The van der Waals surface area contributed by atoms with Gasteiger partial charge >= 0.3 is 0 Å². The van der Waals surface area contributed by atoms with Gasteiger partial charge in [0.2, 0.25) is 5.91 Å². The normalized spacial score (nSPS) is 9.96. The van der Waals surface area contributed by atoms with Gasteiger partial charge < -0.3 is 10.2 Å². The largest absolute Gasteiger partial charge is 0.347 e. The van der Waals surface area contributed by atoms with Crippen LogP contribution in [0.2, 0.25) is 0 Å². The quantitative estimate of drug-likeness (QED) is 0.890. The molecular weight excluding hydrogens is 288 g/mol. The lowest BCUT2D eigenvalue weighted by Crippen LogP contribution is -2.34. The molecule has 23 heavy (non-hydrogen) atoms. The van der Waals surface area contributed by atoms with Gasteiger partial charge in [-0.3, -0.25) is 4.79 Å². The number of amides is 1. The van der Waals surface area contributed by atoms with E-state index in [-0.39, 0.29) is 12.5 Å². The number of pyridine rings is 1. The van der Waals surface area contributed by atoms with Crippen molar-refractivity contribution < 1.29 is 4.79 Å². The second-order valence-electron chi connectivity index (χ2n) is 5.28. The van der Waals surface area contributed by atoms with Gasteiger partial charge in [0, 0.05) is 12.2 Å². The lowest BCUT2D eigenvalue weighted by molar-refractivity contribution is -0.115. The molecule has 2 aromatic rings. The Kier molecular flexibility index (Phi) is 5.70. The highest BCUT2D eigenvalue weighted by Gasteiger charge is 2.13. The zero-order valence-electron chi connectivity index (χ0n) is 13.4. The summed E-state index contributed by atoms with van der Waals surface area (Å²) in [5.74, 6) is 0.544. The summed E-state index contributed by atoms with van der Waals surface area (Å²) in [4.78, 5) is 18.5. The molecule has 0 aliphatic carbocycles. The molecule has 0 atom stereocenters. The zero-order valence-corrected chi connectivity index (χ0v) is 13.4. The predicted octanol–water partition coefficient (Wildman–Crippen LogP) is 3.12. The number of hydrogen-bond donors (Lipinski definition) is 1. The van der Waals surface area contributed by atoms with E-state index >= 15 is 0 Å². The minimum Gasteiger partial charge on any atom is -0.347 e. The van der Waals surface area contributed by atoms with Crippen molar-refractivity contribution in [1.82, 2.24) is 4.98 Å². The van der Waals surface area contributed by atoms with Crippen LogP contribution in [0, 0.1) is 18.3 Å². The van der Waals surface area contributed by atoms with E-state index in [9.17, 15) is 4.79 Å². The molecule has 5 nitrogen and oxygen atoms in total. The average Bonchev–Trinajstić information content (AvgIpc) is 2.56. The number of carbonyl (C=O) groups excluding carboxylic acids is 1. The number of para-hydroxylation sites is 1. The first kappa shape index (κ1) is 16.5. The number of carbonyl (C=O) groups is 1. The van der Waals surface area contributed by atoms with Crippen LogP contribution in [0.3, 0.4) is 0 Å². The summed E-state index contributed by atoms with van der Waals surface area (Å²) >= 11 is 0. The molecule has 2 rings (SSSR count). The Bertz CT molecular complexity index is 721. The van der Waals surface area contributed by atoms with Gasteiger partial charge in [0.25, 0.3) is 0 Å². The van der Waals surface area contributed by atoms with Gasteiger partial charge in [0.15, 0.2) is 0 Å². The van der Waals surface area contributed by atoms with Crippen LogP contribution in [0.4, 0.5) is 11.5 Å². The van der Waals surface area contributed by atoms with Crippen LogP contribution in [0.5, 0.6) is 0 Å². The van der Waals surface area contributed by atoms with E-state index in [0.717, 1.165) is 17.7 Å². The number of nitrogens with zero attached hydrogens (tertiary/aromatic N) is 3. The van der Waals surface area contributed by atoms with Gasteiger partial charge in [-0.05, 0) is 37.1 Å². The van der Waals surface area contributed by atoms with Crippen LogP contribution in [-0.2, 0) is 4.79 Å². The summed E-state index contributed by atoms with van der Waals surface area (Å²) in [5, 5.41) is 11.9. The minimum absolute atomic E-state index is 0.100. The summed E-state index contributed by atoms with van der Waals surface area (Å²) in [5.41, 5.74) is 2.18. The fourth-order valence-electron chi connectivity index (χ4n) is 2.28. The first-order chi connectivity index (χ1) is 11.1. The Morgan fingerprint density at radius 1 is 1.26 bits per heavy atom. The van der Waals surface area contributed by atoms with Gasteiger partial charge in [-0.1, -0.05) is 31.2 Å². The highest BCUT2D eigenvalue weighted by molar-refractivity contribution is 5.94. The second-order valence-corrected chi connectivity index (χ2v) is 5.28. The van der Waals surface area contributed by atoms with E-state index in [0.29, 0.717) is 18.1 Å². The molecule has 0 fully saturated rings. The molecular formula is C18H20N4O. The third kappa shape index (κ3) is 4.55. The zero-order chi connectivity index (χ0) is 16.7. The second kappa shape index (κ2) is 7.95. The maximum Gasteiger partial charge on any atom is 0.243 e. The van der Waals surface area contributed by atoms with Crippen molar-refractivity contribution in [2.75, 3.05) is 23.3 Å². The minimum atomic E-state index is -0.100. The standard InChI is InChI=1S/C18H20N4O/c1-3-11-22(17-10-6-8-15(12-19)20-17)13-18(23)21-16-9-5-4-7-14(16)2/h4-10H,3,11,13H2,1-2H3,(H,21,23). The summed E-state index contributed by atoms with van der Waals surface area (Å²) in [6.07, 6.45) is 0.885. The predicted molar refractivity (Wildman–Crippen MR) is 91.3 cm³/mol. The summed E-state index contributed by atoms with van der Waals surface area (Å²) in [6.45, 7) is 4.89. The molecule has 0 aliphatic heterocycles. The van der Waals surface area contributed by atoms with Crippen molar-refractivity contribution in [3.63, 3.8) is 0 Å². The van der Waals surface area contributed by atoms with Gasteiger partial charge in [0.05, 0.1) is 6.54 Å². The number of rotatable bonds is 6. The lowest BCUT2D eigenvalue weighted by Gasteiger charge is -2.22. The van der Waals surface area contributed by atoms with E-state index in [1.807, 2.05) is 55.1 Å². The number of aryl methyl sites for hydroxylation is 1. The Labute approximate surface area is 136 Å². The summed E-state index contributed by atoms with van der Waals surface area (Å²) in [7, 11) is 0. The molecule has 1 amide bonds. The smallest absolute Gasteiger partial charge is 0.243 e. The summed E-state index contributed by atoms with van der Waals surface area (Å²) in [6, 6.07) is 14.9. The van der Waals surface area contributed by atoms with Gasteiger partial charge in [-0.2, -0.15) is 5.26 Å². The molecule has 1 aromatic carbocycles. The van der Waals surface area contributed by atoms with E-state index < -0.39 is 0 Å². The fourth-order valence-corrected chi connectivity index (χ4v) is 2.28. The topological polar surface area (TPSA) is 69.0 Å². The van der Waals surface area contributed by atoms with Crippen LogP contribution in [0.1, 0.15) is 24.6 Å². The maximum atomic E-state index is 12.3. The molecule has 5 heteroatoms. The van der Waals surface area contributed by atoms with Crippen LogP contribution in [0.25, 0.3) is 0 Å². The SMILES string of the molecule is CCCN(CC(=O)Nc1ccccc1C)c1cccc(C#N)n1. The van der Waals surface area contributed by atoms with E-state index in [4.69, 9.17) is 5.26 Å². The van der Waals surface area contributed by atoms with Gasteiger partial charge in [-0.15, -0.1) is 0 Å². The van der Waals surface area contributed by atoms with E-state index in [2.05, 4.69) is 10.3 Å². The van der Waals surface area contributed by atoms with Crippen molar-refractivity contribution in [3.05, 3.63) is 53.7 Å². The molecule has 0 aliphatic rings. The first-order valence-electron chi connectivity index (χ1n) is 7.61. The first-order valence-corrected chi connectivity index (χ1v) is 7.61. The third-order valence-corrected chi connectivity index (χ3v) is 3.42. The average molecular weight is 308 g/mol. The monoisotopic (exact) mass is 308 g/mol. The number of hydrogen-bond acceptors (Lipinski definition) is 4. The summed E-state index contributed by atoms with van der Waals surface area (Å²) < 4.78 is 0. The fraction of sp³-hybridized carbons (Fsp3) is 0.278. The highest BCUT2D eigenvalue weighted by Crippen LogP contribution is 2.15. The number of aromatic nitrogens is 1. The maximum absolute atomic E-state index is 12.3. The molecule has 1 N–H and O–H groups in total. The Morgan fingerprint density at radius 3 is 2.74 bits per heavy atom. The Hall–Kier alpha value is -2.87. The van der Waals surface area contributed by atoms with Crippen LogP contribution < -0.4 is 10.2 Å². The van der Waals surface area contributed by atoms with Crippen LogP contribution in [0.15, 0.2) is 42.5 Å². The Balaban J connectivity index is 2.11. The van der Waals surface area contributed by atoms with E-state index in [1.165, 1.54) is 0 Å². The van der Waals surface area contributed by atoms with Crippen LogP contribution in [-0.4, -0.2) is 24.0 Å². The molecule has 0 unspecified atom stereocenters. The molecule has 0 bridgehead atoms. The number of nitrogens with one attached hydrogen (secondary N) is 1. The lowest BCUT2D eigenvalue weighted by atomic mass is 10.2. The Morgan fingerprint density at radius 2 is 2.04 bits per heavy atom. The third-order valence-electron chi connectivity index (χ3n) is 3.42. The van der Waals surface area contributed by atoms with Crippen molar-refractivity contribution in [2.24, 2.45) is 0 Å². The number of benzene rings is 1. The van der Waals surface area contributed by atoms with Crippen LogP contribution >= 0.6 is 0 Å². The molecule has 0 saturated heterocycles. The number of nitriles is 1. The molecule has 0 radical (unpaired) electrons. The molecule has 0 saturated carbocycles. The van der Waals surface area contributed by atoms with Gasteiger partial charge in [0.1, 0.15) is 17.6 Å². The molecule has 118 valence electrons. The van der Waals surface area contributed by atoms with Crippen molar-refractivity contribution in [1.29, 1.82) is 5.26 Å². The molecule has 1 aromatic heterocycles.